The molecular weight excluding hydrogens is 539 g/mol. The van der Waals surface area contributed by atoms with Crippen LogP contribution in [0.2, 0.25) is 0 Å². The Hall–Kier alpha value is -3.49. The van der Waals surface area contributed by atoms with Crippen LogP contribution >= 0.6 is 0 Å². The average Bonchev–Trinajstić information content (AvgIpc) is 3.41. The van der Waals surface area contributed by atoms with Gasteiger partial charge in [0, 0.05) is 31.2 Å². The molecule has 14 heteroatoms. The van der Waals surface area contributed by atoms with Crippen molar-refractivity contribution in [3.8, 4) is 28.5 Å². The largest absolute Gasteiger partial charge is 0.489 e. The lowest BCUT2D eigenvalue weighted by molar-refractivity contribution is -0.137. The molecule has 0 fully saturated rings. The van der Waals surface area contributed by atoms with E-state index in [1.807, 2.05) is 13.1 Å². The second kappa shape index (κ2) is 11.3. The van der Waals surface area contributed by atoms with Crippen LogP contribution < -0.4 is 4.74 Å². The molecule has 3 aromatic heterocycles. The zero-order valence-corrected chi connectivity index (χ0v) is 23.1. The van der Waals surface area contributed by atoms with Crippen LogP contribution in [0.3, 0.4) is 0 Å². The van der Waals surface area contributed by atoms with Crippen LogP contribution in [0.15, 0.2) is 36.4 Å². The molecule has 39 heavy (non-hydrogen) atoms. The van der Waals surface area contributed by atoms with Crippen LogP contribution in [0.1, 0.15) is 32.0 Å². The molecule has 3 heterocycles. The number of hydrogen-bond acceptors (Lipinski definition) is 7. The minimum absolute atomic E-state index is 0.0476. The van der Waals surface area contributed by atoms with Gasteiger partial charge >= 0.3 is 6.18 Å². The van der Waals surface area contributed by atoms with E-state index in [1.54, 1.807) is 17.9 Å². The molecule has 0 aliphatic rings. The van der Waals surface area contributed by atoms with E-state index in [-0.39, 0.29) is 28.9 Å². The van der Waals surface area contributed by atoms with Gasteiger partial charge in [-0.3, -0.25) is 9.23 Å². The Labute approximate surface area is 223 Å². The third-order valence-corrected chi connectivity index (χ3v) is 5.37. The summed E-state index contributed by atoms with van der Waals surface area (Å²) in [5.74, 6) is 0.830. The van der Waals surface area contributed by atoms with Gasteiger partial charge in [0.15, 0.2) is 11.5 Å². The zero-order chi connectivity index (χ0) is 29.2. The van der Waals surface area contributed by atoms with E-state index >= 15 is 0 Å². The smallest absolute Gasteiger partial charge is 0.417 e. The quantitative estimate of drug-likeness (QED) is 0.248. The Morgan fingerprint density at radius 3 is 2.28 bits per heavy atom. The number of alkyl halides is 3. The van der Waals surface area contributed by atoms with Gasteiger partial charge in [-0.15, -0.1) is 0 Å². The highest BCUT2D eigenvalue weighted by Crippen LogP contribution is 2.39. The number of benzene rings is 1. The number of ether oxygens (including phenoxy) is 2. The lowest BCUT2D eigenvalue weighted by atomic mass is 9.92. The molecule has 1 aromatic carbocycles. The topological polar surface area (TPSA) is 132 Å². The fraction of sp³-hybridized carbons (Fsp3) is 0.400. The van der Waals surface area contributed by atoms with E-state index < -0.39 is 21.9 Å². The monoisotopic (exact) mass is 569 g/mol. The highest BCUT2D eigenvalue weighted by molar-refractivity contribution is 7.85. The number of aromatic nitrogens is 5. The number of nitrogens with zero attached hydrogens (tertiary/aromatic N) is 4. The van der Waals surface area contributed by atoms with E-state index in [0.29, 0.717) is 30.0 Å². The fourth-order valence-corrected chi connectivity index (χ4v) is 3.58. The Bertz CT molecular complexity index is 1550. The van der Waals surface area contributed by atoms with Crippen LogP contribution in [-0.4, -0.2) is 64.3 Å². The van der Waals surface area contributed by atoms with Crippen molar-refractivity contribution in [1.82, 2.24) is 24.7 Å². The number of rotatable bonds is 6. The van der Waals surface area contributed by atoms with Crippen LogP contribution in [0.5, 0.6) is 5.75 Å². The molecule has 0 saturated carbocycles. The predicted octanol–water partition coefficient (Wildman–Crippen LogP) is 4.87. The number of hydrogen-bond donors (Lipinski definition) is 2. The van der Waals surface area contributed by atoms with Gasteiger partial charge in [0.05, 0.1) is 29.8 Å². The van der Waals surface area contributed by atoms with Gasteiger partial charge in [-0.1, -0.05) is 39.0 Å². The van der Waals surface area contributed by atoms with Gasteiger partial charge in [-0.25, -0.2) is 9.97 Å². The van der Waals surface area contributed by atoms with E-state index in [1.165, 1.54) is 18.2 Å². The number of aromatic amines is 1. The highest BCUT2D eigenvalue weighted by Gasteiger charge is 2.34. The normalized spacial score (nSPS) is 12.4. The minimum atomic E-state index is -4.53. The third-order valence-electron chi connectivity index (χ3n) is 5.37. The van der Waals surface area contributed by atoms with Gasteiger partial charge in [-0.2, -0.15) is 26.7 Å². The molecule has 0 spiro atoms. The number of nitrogens with one attached hydrogen (secondary N) is 1. The molecule has 2 N–H and O–H groups in total. The molecule has 0 aliphatic carbocycles. The third kappa shape index (κ3) is 7.77. The van der Waals surface area contributed by atoms with Crippen molar-refractivity contribution in [1.29, 1.82) is 0 Å². The van der Waals surface area contributed by atoms with Crippen molar-refractivity contribution < 1.29 is 35.6 Å². The molecule has 0 amide bonds. The zero-order valence-electron chi connectivity index (χ0n) is 22.3. The maximum absolute atomic E-state index is 13.7. The van der Waals surface area contributed by atoms with Crippen LogP contribution in [0.25, 0.3) is 33.9 Å². The van der Waals surface area contributed by atoms with Crippen molar-refractivity contribution in [2.75, 3.05) is 26.6 Å². The molecule has 10 nitrogen and oxygen atoms in total. The van der Waals surface area contributed by atoms with Gasteiger partial charge in [-0.05, 0) is 12.1 Å². The van der Waals surface area contributed by atoms with Crippen molar-refractivity contribution in [3.05, 3.63) is 47.7 Å². The molecule has 0 unspecified atom stereocenters. The number of H-pyrrole nitrogens is 1. The molecular formula is C25H30F3N5O5S. The Morgan fingerprint density at radius 1 is 1.08 bits per heavy atom. The van der Waals surface area contributed by atoms with Crippen molar-refractivity contribution in [2.45, 2.75) is 32.4 Å². The lowest BCUT2D eigenvalue weighted by Crippen LogP contribution is -2.12. The summed E-state index contributed by atoms with van der Waals surface area (Å²) in [5, 5.41) is 4.58. The minimum Gasteiger partial charge on any atom is -0.489 e. The van der Waals surface area contributed by atoms with Crippen LogP contribution in [-0.2, 0) is 33.5 Å². The molecule has 4 rings (SSSR count). The Morgan fingerprint density at radius 2 is 1.72 bits per heavy atom. The number of aryl methyl sites for hydroxylation is 1. The summed E-state index contributed by atoms with van der Waals surface area (Å²) in [6.07, 6.45) is -3.81. The lowest BCUT2D eigenvalue weighted by Gasteiger charge is -2.13. The maximum atomic E-state index is 13.7. The molecule has 0 radical (unpaired) electrons. The summed E-state index contributed by atoms with van der Waals surface area (Å²) in [6, 6.07) is 8.74. The number of methoxy groups -OCH3 is 1. The van der Waals surface area contributed by atoms with E-state index in [2.05, 4.69) is 40.8 Å². The number of fused-ring (bicyclic) bond motifs is 1. The van der Waals surface area contributed by atoms with Crippen molar-refractivity contribution >= 4 is 21.3 Å². The average molecular weight is 570 g/mol. The van der Waals surface area contributed by atoms with Gasteiger partial charge in [0.25, 0.3) is 10.1 Å². The van der Waals surface area contributed by atoms with Crippen LogP contribution in [0, 0.1) is 0 Å². The van der Waals surface area contributed by atoms with Crippen molar-refractivity contribution in [2.24, 2.45) is 7.05 Å². The summed E-state index contributed by atoms with van der Waals surface area (Å²) in [7, 11) is -0.313. The number of imidazole rings is 1. The molecule has 0 bridgehead atoms. The van der Waals surface area contributed by atoms with Gasteiger partial charge < -0.3 is 14.5 Å². The first-order valence-electron chi connectivity index (χ1n) is 11.7. The summed E-state index contributed by atoms with van der Waals surface area (Å²) in [4.78, 5) is 12.3. The standard InChI is InChI=1S/C24H26F3N5O2.CH4O3S/c1-23(2,3)19-13-17(32(4)31-19)21-29-20-18(34-11-10-33-5)12-16(28-22(20)30-21)14-8-6-7-9-15(14)24(25,26)27;1-5(2,3)4/h6-9,12-13H,10-11H2,1-5H3,(H,28,29,30);1H3,(H,2,3,4). The van der Waals surface area contributed by atoms with E-state index in [9.17, 15) is 21.6 Å². The Balaban J connectivity index is 0.000000771. The summed E-state index contributed by atoms with van der Waals surface area (Å²) in [5.41, 5.74) is 1.47. The van der Waals surface area contributed by atoms with Gasteiger partial charge in [0.2, 0.25) is 0 Å². The first kappa shape index (κ1) is 30.1. The van der Waals surface area contributed by atoms with Crippen molar-refractivity contribution in [3.63, 3.8) is 0 Å². The van der Waals surface area contributed by atoms with E-state index in [0.717, 1.165) is 17.5 Å². The predicted molar refractivity (Wildman–Crippen MR) is 140 cm³/mol. The first-order valence-corrected chi connectivity index (χ1v) is 13.5. The first-order chi connectivity index (χ1) is 18.0. The SMILES string of the molecule is COCCOc1cc(-c2ccccc2C(F)(F)F)nc2nc(-c3cc(C(C)(C)C)nn3C)[nH]c12.CS(=O)(=O)O. The Kier molecular flexibility index (Phi) is 8.72. The molecule has 0 saturated heterocycles. The second-order valence-electron chi connectivity index (χ2n) is 9.70. The molecule has 0 aliphatic heterocycles. The summed E-state index contributed by atoms with van der Waals surface area (Å²) in [6.45, 7) is 6.71. The highest BCUT2D eigenvalue weighted by atomic mass is 32.2. The summed E-state index contributed by atoms with van der Waals surface area (Å²) < 4.78 is 79.5. The maximum Gasteiger partial charge on any atom is 0.417 e. The molecule has 4 aromatic rings. The molecule has 0 atom stereocenters. The number of halogens is 3. The van der Waals surface area contributed by atoms with Gasteiger partial charge in [0.1, 0.15) is 23.6 Å². The fourth-order valence-electron chi connectivity index (χ4n) is 3.58. The number of pyridine rings is 1. The molecule has 212 valence electrons. The van der Waals surface area contributed by atoms with Crippen LogP contribution in [0.4, 0.5) is 13.2 Å². The summed E-state index contributed by atoms with van der Waals surface area (Å²) >= 11 is 0. The second-order valence-corrected chi connectivity index (χ2v) is 11.2. The van der Waals surface area contributed by atoms with E-state index in [4.69, 9.17) is 14.0 Å².